The molecule has 4 aromatic rings. The number of nitrogens with one attached hydrogen (secondary N) is 1. The molecule has 1 aromatic heterocycles. The van der Waals surface area contributed by atoms with Crippen molar-refractivity contribution in [1.82, 2.24) is 9.66 Å². The highest BCUT2D eigenvalue weighted by Gasteiger charge is 2.16. The summed E-state index contributed by atoms with van der Waals surface area (Å²) in [5.74, 6) is 0.309. The summed E-state index contributed by atoms with van der Waals surface area (Å²) >= 11 is 3.40. The second kappa shape index (κ2) is 8.05. The number of methoxy groups -OCH3 is 1. The molecule has 0 fully saturated rings. The van der Waals surface area contributed by atoms with Crippen LogP contribution in [-0.2, 0) is 6.54 Å². The van der Waals surface area contributed by atoms with E-state index in [1.807, 2.05) is 24.3 Å². The molecule has 0 aliphatic carbocycles. The summed E-state index contributed by atoms with van der Waals surface area (Å²) in [6.07, 6.45) is 0. The van der Waals surface area contributed by atoms with Gasteiger partial charge in [0.15, 0.2) is 5.82 Å². The monoisotopic (exact) mass is 453 g/mol. The maximum absolute atomic E-state index is 14.5. The molecule has 1 N–H and O–H groups in total. The van der Waals surface area contributed by atoms with Gasteiger partial charge in [0.2, 0.25) is 0 Å². The molecule has 0 aliphatic heterocycles. The topological polar surface area (TPSA) is 56.1 Å². The van der Waals surface area contributed by atoms with E-state index in [-0.39, 0.29) is 16.9 Å². The highest BCUT2D eigenvalue weighted by atomic mass is 79.9. The first kappa shape index (κ1) is 19.1. The lowest BCUT2D eigenvalue weighted by atomic mass is 10.1. The zero-order chi connectivity index (χ0) is 20.4. The van der Waals surface area contributed by atoms with Crippen LogP contribution in [0.5, 0.6) is 5.75 Å². The van der Waals surface area contributed by atoms with Crippen molar-refractivity contribution < 1.29 is 9.13 Å². The first-order chi connectivity index (χ1) is 14.1. The summed E-state index contributed by atoms with van der Waals surface area (Å²) in [5.41, 5.74) is 4.43. The van der Waals surface area contributed by atoms with Crippen LogP contribution >= 0.6 is 15.9 Å². The second-order valence-electron chi connectivity index (χ2n) is 6.40. The molecule has 0 bridgehead atoms. The van der Waals surface area contributed by atoms with Gasteiger partial charge in [0.05, 0.1) is 30.1 Å². The van der Waals surface area contributed by atoms with Crippen LogP contribution in [0.1, 0.15) is 5.56 Å². The lowest BCUT2D eigenvalue weighted by Gasteiger charge is -2.16. The van der Waals surface area contributed by atoms with Crippen molar-refractivity contribution in [2.75, 3.05) is 12.5 Å². The molecule has 0 radical (unpaired) electrons. The third-order valence-electron chi connectivity index (χ3n) is 4.54. The van der Waals surface area contributed by atoms with Crippen LogP contribution in [0.25, 0.3) is 22.3 Å². The molecule has 0 spiro atoms. The van der Waals surface area contributed by atoms with Crippen molar-refractivity contribution in [1.29, 1.82) is 0 Å². The Morgan fingerprint density at radius 1 is 1.10 bits per heavy atom. The fourth-order valence-electron chi connectivity index (χ4n) is 3.03. The van der Waals surface area contributed by atoms with Gasteiger partial charge in [-0.2, -0.15) is 0 Å². The first-order valence-electron chi connectivity index (χ1n) is 8.91. The number of benzene rings is 3. The molecule has 3 aromatic carbocycles. The Morgan fingerprint density at radius 3 is 2.59 bits per heavy atom. The van der Waals surface area contributed by atoms with Crippen LogP contribution in [0.4, 0.5) is 4.39 Å². The normalized spacial score (nSPS) is 10.9. The minimum absolute atomic E-state index is 0.211. The van der Waals surface area contributed by atoms with Gasteiger partial charge in [-0.3, -0.25) is 4.79 Å². The van der Waals surface area contributed by atoms with E-state index in [4.69, 9.17) is 4.74 Å². The molecule has 0 saturated carbocycles. The van der Waals surface area contributed by atoms with Crippen LogP contribution in [0, 0.1) is 5.82 Å². The predicted molar refractivity (Wildman–Crippen MR) is 115 cm³/mol. The highest BCUT2D eigenvalue weighted by Crippen LogP contribution is 2.23. The van der Waals surface area contributed by atoms with Crippen LogP contribution in [0.15, 0.2) is 76.0 Å². The zero-order valence-electron chi connectivity index (χ0n) is 15.5. The maximum Gasteiger partial charge on any atom is 0.280 e. The maximum atomic E-state index is 14.5. The van der Waals surface area contributed by atoms with Gasteiger partial charge in [0.1, 0.15) is 11.6 Å². The van der Waals surface area contributed by atoms with Crippen LogP contribution in [0.2, 0.25) is 0 Å². The van der Waals surface area contributed by atoms with Crippen LogP contribution in [-0.4, -0.2) is 16.8 Å². The van der Waals surface area contributed by atoms with E-state index in [1.54, 1.807) is 36.4 Å². The van der Waals surface area contributed by atoms with Gasteiger partial charge >= 0.3 is 0 Å². The number of rotatable bonds is 5. The van der Waals surface area contributed by atoms with Gasteiger partial charge in [0, 0.05) is 4.47 Å². The minimum atomic E-state index is -0.452. The van der Waals surface area contributed by atoms with E-state index in [0.29, 0.717) is 23.2 Å². The molecule has 0 aliphatic rings. The molecular formula is C22H17BrFN3O2. The van der Waals surface area contributed by atoms with E-state index in [0.717, 1.165) is 10.0 Å². The Labute approximate surface area is 174 Å². The average molecular weight is 454 g/mol. The Bertz CT molecular complexity index is 1240. The summed E-state index contributed by atoms with van der Waals surface area (Å²) in [7, 11) is 1.53. The minimum Gasteiger partial charge on any atom is -0.497 e. The Kier molecular flexibility index (Phi) is 5.31. The molecule has 0 atom stereocenters. The number of halogens is 2. The summed E-state index contributed by atoms with van der Waals surface area (Å²) < 4.78 is 22.0. The van der Waals surface area contributed by atoms with Gasteiger partial charge in [-0.25, -0.2) is 14.1 Å². The van der Waals surface area contributed by atoms with Crippen LogP contribution < -0.4 is 15.7 Å². The molecule has 7 heteroatoms. The largest absolute Gasteiger partial charge is 0.497 e. The van der Waals surface area contributed by atoms with E-state index < -0.39 is 5.82 Å². The Morgan fingerprint density at radius 2 is 1.86 bits per heavy atom. The summed E-state index contributed by atoms with van der Waals surface area (Å²) in [5, 5.41) is 0.382. The van der Waals surface area contributed by atoms with Crippen molar-refractivity contribution in [2.45, 2.75) is 6.54 Å². The second-order valence-corrected chi connectivity index (χ2v) is 7.32. The van der Waals surface area contributed by atoms with E-state index >= 15 is 0 Å². The molecular weight excluding hydrogens is 437 g/mol. The average Bonchev–Trinajstić information content (AvgIpc) is 2.74. The summed E-state index contributed by atoms with van der Waals surface area (Å²) in [6.45, 7) is 0.367. The molecule has 5 nitrogen and oxygen atoms in total. The van der Waals surface area contributed by atoms with E-state index in [9.17, 15) is 9.18 Å². The fourth-order valence-corrected chi connectivity index (χ4v) is 3.30. The number of nitrogens with zero attached hydrogens (tertiary/aromatic N) is 2. The lowest BCUT2D eigenvalue weighted by molar-refractivity contribution is 0.415. The van der Waals surface area contributed by atoms with E-state index in [2.05, 4.69) is 26.3 Å². The van der Waals surface area contributed by atoms with Gasteiger partial charge in [0.25, 0.3) is 5.56 Å². The number of ether oxygens (including phenoxy) is 1. The summed E-state index contributed by atoms with van der Waals surface area (Å²) in [4.78, 5) is 17.8. The number of hydrogen-bond donors (Lipinski definition) is 1. The number of hydrogen-bond acceptors (Lipinski definition) is 4. The van der Waals surface area contributed by atoms with Crippen molar-refractivity contribution >= 4 is 26.8 Å². The van der Waals surface area contributed by atoms with Crippen molar-refractivity contribution in [2.24, 2.45) is 0 Å². The van der Waals surface area contributed by atoms with Crippen molar-refractivity contribution in [3.63, 3.8) is 0 Å². The third kappa shape index (κ3) is 3.86. The lowest BCUT2D eigenvalue weighted by Crippen LogP contribution is -2.31. The Balaban J connectivity index is 1.87. The fraction of sp³-hybridized carbons (Fsp3) is 0.0909. The van der Waals surface area contributed by atoms with Gasteiger partial charge in [-0.05, 0) is 48.0 Å². The molecule has 1 heterocycles. The van der Waals surface area contributed by atoms with Gasteiger partial charge < -0.3 is 10.2 Å². The molecule has 0 amide bonds. The molecule has 29 heavy (non-hydrogen) atoms. The summed E-state index contributed by atoms with van der Waals surface area (Å²) in [6, 6.07) is 19.0. The Hall–Kier alpha value is -3.19. The predicted octanol–water partition coefficient (Wildman–Crippen LogP) is 4.72. The zero-order valence-corrected chi connectivity index (χ0v) is 17.1. The molecule has 0 unspecified atom stereocenters. The van der Waals surface area contributed by atoms with Gasteiger partial charge in [-0.15, -0.1) is 0 Å². The van der Waals surface area contributed by atoms with E-state index in [1.165, 1.54) is 17.9 Å². The van der Waals surface area contributed by atoms with Crippen LogP contribution in [0.3, 0.4) is 0 Å². The van der Waals surface area contributed by atoms with Gasteiger partial charge in [-0.1, -0.05) is 40.2 Å². The standard InChI is InChI=1S/C22H17BrFN3O2/c1-29-16-10-11-20-18(12-16)22(28)27(25-13-14-6-8-15(23)9-7-14)21(26-20)17-4-2-3-5-19(17)24/h2-12,25H,13H2,1H3. The highest BCUT2D eigenvalue weighted by molar-refractivity contribution is 9.10. The molecule has 0 saturated heterocycles. The quantitative estimate of drug-likeness (QED) is 0.475. The third-order valence-corrected chi connectivity index (χ3v) is 5.07. The van der Waals surface area contributed by atoms with Crippen molar-refractivity contribution in [3.8, 4) is 17.1 Å². The SMILES string of the molecule is COc1ccc2nc(-c3ccccc3F)n(NCc3ccc(Br)cc3)c(=O)c2c1. The number of fused-ring (bicyclic) bond motifs is 1. The number of aromatic nitrogens is 2. The molecule has 4 rings (SSSR count). The molecule has 146 valence electrons. The van der Waals surface area contributed by atoms with Crippen molar-refractivity contribution in [3.05, 3.63) is 92.9 Å². The smallest absolute Gasteiger partial charge is 0.280 e. The first-order valence-corrected chi connectivity index (χ1v) is 9.70.